The van der Waals surface area contributed by atoms with Crippen LogP contribution >= 0.6 is 0 Å². The first-order valence-corrected chi connectivity index (χ1v) is 15.0. The zero-order valence-corrected chi connectivity index (χ0v) is 25.8. The predicted octanol–water partition coefficient (Wildman–Crippen LogP) is 3.42. The predicted molar refractivity (Wildman–Crippen MR) is 148 cm³/mol. The summed E-state index contributed by atoms with van der Waals surface area (Å²) in [4.78, 5) is 77.5. The smallest absolute Gasteiger partial charge is 0.306 e. The fourth-order valence-corrected chi connectivity index (χ4v) is 6.20. The highest BCUT2D eigenvalue weighted by Gasteiger charge is 2.53. The lowest BCUT2D eigenvalue weighted by atomic mass is 9.52. The van der Waals surface area contributed by atoms with Crippen molar-refractivity contribution in [2.45, 2.75) is 80.1 Å². The number of carbonyl (C=O) groups is 6. The van der Waals surface area contributed by atoms with Crippen molar-refractivity contribution < 1.29 is 57.2 Å². The number of hydrogen-bond donors (Lipinski definition) is 0. The van der Waals surface area contributed by atoms with Gasteiger partial charge in [0, 0.05) is 38.5 Å². The summed E-state index contributed by atoms with van der Waals surface area (Å²) in [5.74, 6) is -7.53. The van der Waals surface area contributed by atoms with Gasteiger partial charge in [-0.2, -0.15) is 0 Å². The molecule has 42 heavy (non-hydrogen) atoms. The summed E-state index contributed by atoms with van der Waals surface area (Å²) in [5.41, 5.74) is 0. The van der Waals surface area contributed by atoms with Crippen LogP contribution < -0.4 is 0 Å². The number of esters is 6. The van der Waals surface area contributed by atoms with E-state index in [2.05, 4.69) is 0 Å². The van der Waals surface area contributed by atoms with Gasteiger partial charge in [-0.25, -0.2) is 0 Å². The largest absolute Gasteiger partial charge is 0.466 e. The highest BCUT2D eigenvalue weighted by Crippen LogP contribution is 2.54. The van der Waals surface area contributed by atoms with Crippen LogP contribution in [0, 0.1) is 35.5 Å². The van der Waals surface area contributed by atoms with Gasteiger partial charge in [0.05, 0.1) is 39.6 Å². The first kappa shape index (κ1) is 36.8. The quantitative estimate of drug-likeness (QED) is 0.167. The molecule has 240 valence electrons. The van der Waals surface area contributed by atoms with E-state index in [0.29, 0.717) is 0 Å². The van der Waals surface area contributed by atoms with Gasteiger partial charge in [-0.15, -0.1) is 0 Å². The Morgan fingerprint density at radius 3 is 0.524 bits per heavy atom. The monoisotopic (exact) mass is 600 g/mol. The van der Waals surface area contributed by atoms with E-state index in [1.165, 1.54) is 0 Å². The van der Waals surface area contributed by atoms with Gasteiger partial charge in [0.1, 0.15) is 0 Å². The molecule has 0 unspecified atom stereocenters. The Bertz CT molecular complexity index is 703. The third kappa shape index (κ3) is 12.0. The molecule has 0 aromatic heterocycles. The van der Waals surface area contributed by atoms with Crippen molar-refractivity contribution in [1.82, 2.24) is 0 Å². The second-order valence-corrected chi connectivity index (χ2v) is 10.0. The number of ether oxygens (including phenoxy) is 6. The molecule has 0 aromatic carbocycles. The molecule has 0 spiro atoms. The van der Waals surface area contributed by atoms with Gasteiger partial charge >= 0.3 is 35.8 Å². The SMILES string of the molecule is CCOC(=O)CC1C(CC(=O)OCC)C(CC(=O)OCC)C(CC(=O)OCC)C(CC(=O)OCC)C1CC(=O)OCC. The average molecular weight is 601 g/mol. The summed E-state index contributed by atoms with van der Waals surface area (Å²) in [6.45, 7) is 10.6. The van der Waals surface area contributed by atoms with Crippen molar-refractivity contribution in [3.05, 3.63) is 0 Å². The molecule has 1 fully saturated rings. The minimum Gasteiger partial charge on any atom is -0.466 e. The van der Waals surface area contributed by atoms with Crippen molar-refractivity contribution in [1.29, 1.82) is 0 Å². The fourth-order valence-electron chi connectivity index (χ4n) is 6.20. The lowest BCUT2D eigenvalue weighted by Crippen LogP contribution is -2.50. The summed E-state index contributed by atoms with van der Waals surface area (Å²) < 4.78 is 31.5. The molecule has 12 heteroatoms. The molecule has 0 amide bonds. The van der Waals surface area contributed by atoms with Gasteiger partial charge < -0.3 is 28.4 Å². The van der Waals surface area contributed by atoms with Gasteiger partial charge in [0.15, 0.2) is 0 Å². The molecule has 0 saturated heterocycles. The third-order valence-electron chi connectivity index (χ3n) is 7.55. The number of carbonyl (C=O) groups excluding carboxylic acids is 6. The Hall–Kier alpha value is -3.18. The molecule has 12 nitrogen and oxygen atoms in total. The minimum atomic E-state index is -0.699. The van der Waals surface area contributed by atoms with Crippen molar-refractivity contribution >= 4 is 35.8 Å². The van der Waals surface area contributed by atoms with Crippen LogP contribution in [0.15, 0.2) is 0 Å². The summed E-state index contributed by atoms with van der Waals surface area (Å²) >= 11 is 0. The molecule has 0 heterocycles. The van der Waals surface area contributed by atoms with E-state index in [-0.39, 0.29) is 78.2 Å². The minimum absolute atomic E-state index is 0.112. The molecule has 1 saturated carbocycles. The molecular weight excluding hydrogens is 552 g/mol. The molecule has 1 aliphatic carbocycles. The highest BCUT2D eigenvalue weighted by atomic mass is 16.5. The Kier molecular flexibility index (Phi) is 17.4. The average Bonchev–Trinajstić information content (AvgIpc) is 2.91. The van der Waals surface area contributed by atoms with E-state index < -0.39 is 71.3 Å². The Morgan fingerprint density at radius 2 is 0.429 bits per heavy atom. The summed E-state index contributed by atoms with van der Waals surface area (Å²) in [6, 6.07) is 0. The van der Waals surface area contributed by atoms with Crippen molar-refractivity contribution in [2.75, 3.05) is 39.6 Å². The first-order chi connectivity index (χ1) is 20.1. The summed E-state index contributed by atoms with van der Waals surface area (Å²) in [5, 5.41) is 0. The first-order valence-electron chi connectivity index (χ1n) is 15.0. The topological polar surface area (TPSA) is 158 Å². The van der Waals surface area contributed by atoms with Gasteiger partial charge in [0.25, 0.3) is 0 Å². The standard InChI is InChI=1S/C30H48O12/c1-7-37-25(31)13-19-20(14-26(32)38-8-2)22(16-28(34)40-10-4)24(18-30(36)42-12-6)23(17-29(35)41-11-5)21(19)15-27(33)39-9-3/h19-24H,7-18H2,1-6H3. The zero-order valence-electron chi connectivity index (χ0n) is 25.8. The lowest BCUT2D eigenvalue weighted by Gasteiger charge is -2.51. The molecule has 0 radical (unpaired) electrons. The second-order valence-electron chi connectivity index (χ2n) is 10.0. The highest BCUT2D eigenvalue weighted by molar-refractivity contribution is 5.75. The molecule has 0 bridgehead atoms. The normalized spacial score (nSPS) is 23.3. The number of hydrogen-bond acceptors (Lipinski definition) is 12. The summed E-state index contributed by atoms with van der Waals surface area (Å²) in [7, 11) is 0. The van der Waals surface area contributed by atoms with Crippen LogP contribution in [-0.4, -0.2) is 75.5 Å². The van der Waals surface area contributed by atoms with Crippen LogP contribution in [0.5, 0.6) is 0 Å². The Labute approximate surface area is 248 Å². The maximum absolute atomic E-state index is 12.9. The van der Waals surface area contributed by atoms with Crippen LogP contribution in [0.1, 0.15) is 80.1 Å². The number of rotatable bonds is 18. The zero-order chi connectivity index (χ0) is 31.7. The summed E-state index contributed by atoms with van der Waals surface area (Å²) in [6.07, 6.45) is -1.13. The maximum Gasteiger partial charge on any atom is 0.306 e. The van der Waals surface area contributed by atoms with Crippen molar-refractivity contribution in [3.63, 3.8) is 0 Å². The van der Waals surface area contributed by atoms with E-state index >= 15 is 0 Å². The van der Waals surface area contributed by atoms with Crippen LogP contribution in [0.25, 0.3) is 0 Å². The molecule has 1 aliphatic rings. The van der Waals surface area contributed by atoms with Crippen LogP contribution in [-0.2, 0) is 57.2 Å². The van der Waals surface area contributed by atoms with Crippen molar-refractivity contribution in [3.8, 4) is 0 Å². The van der Waals surface area contributed by atoms with E-state index in [4.69, 9.17) is 28.4 Å². The van der Waals surface area contributed by atoms with Gasteiger partial charge in [-0.1, -0.05) is 0 Å². The third-order valence-corrected chi connectivity index (χ3v) is 7.55. The van der Waals surface area contributed by atoms with Gasteiger partial charge in [-0.3, -0.25) is 28.8 Å². The molecular formula is C30H48O12. The van der Waals surface area contributed by atoms with Crippen molar-refractivity contribution in [2.24, 2.45) is 35.5 Å². The molecule has 0 N–H and O–H groups in total. The lowest BCUT2D eigenvalue weighted by molar-refractivity contribution is -0.166. The van der Waals surface area contributed by atoms with E-state index in [9.17, 15) is 28.8 Å². The van der Waals surface area contributed by atoms with Gasteiger partial charge in [-0.05, 0) is 77.0 Å². The van der Waals surface area contributed by atoms with E-state index in [0.717, 1.165) is 0 Å². The molecule has 0 aliphatic heterocycles. The van der Waals surface area contributed by atoms with Crippen LogP contribution in [0.2, 0.25) is 0 Å². The fraction of sp³-hybridized carbons (Fsp3) is 0.800. The van der Waals surface area contributed by atoms with E-state index in [1.807, 2.05) is 0 Å². The molecule has 0 atom stereocenters. The van der Waals surface area contributed by atoms with Crippen LogP contribution in [0.3, 0.4) is 0 Å². The Morgan fingerprint density at radius 1 is 0.310 bits per heavy atom. The molecule has 1 rings (SSSR count). The van der Waals surface area contributed by atoms with Crippen LogP contribution in [0.4, 0.5) is 0 Å². The maximum atomic E-state index is 12.9. The van der Waals surface area contributed by atoms with E-state index in [1.54, 1.807) is 41.5 Å². The Balaban J connectivity index is 3.90. The van der Waals surface area contributed by atoms with Gasteiger partial charge in [0.2, 0.25) is 0 Å². The second kappa shape index (κ2) is 19.9. The molecule has 0 aromatic rings.